The van der Waals surface area contributed by atoms with Gasteiger partial charge in [0.05, 0.1) is 11.4 Å². The van der Waals surface area contributed by atoms with Gasteiger partial charge in [0.1, 0.15) is 11.4 Å². The van der Waals surface area contributed by atoms with Gasteiger partial charge in [0.15, 0.2) is 0 Å². The zero-order chi connectivity index (χ0) is 18.1. The lowest BCUT2D eigenvalue weighted by Gasteiger charge is -2.18. The Balaban J connectivity index is 1.60. The SMILES string of the molecule is O=C1NN(c2ccccc2)C(=O)/C1=C\c1ccc(N2CCCC2)c(F)c1. The van der Waals surface area contributed by atoms with Crippen molar-refractivity contribution in [3.05, 3.63) is 65.5 Å². The second-order valence-electron chi connectivity index (χ2n) is 6.38. The third kappa shape index (κ3) is 2.94. The van der Waals surface area contributed by atoms with Gasteiger partial charge in [-0.25, -0.2) is 9.40 Å². The van der Waals surface area contributed by atoms with Crippen LogP contribution in [0.1, 0.15) is 18.4 Å². The van der Waals surface area contributed by atoms with Crippen molar-refractivity contribution in [3.8, 4) is 0 Å². The summed E-state index contributed by atoms with van der Waals surface area (Å²) < 4.78 is 14.4. The van der Waals surface area contributed by atoms with Gasteiger partial charge in [-0.3, -0.25) is 15.0 Å². The summed E-state index contributed by atoms with van der Waals surface area (Å²) in [5.74, 6) is -1.29. The van der Waals surface area contributed by atoms with Gasteiger partial charge in [0, 0.05) is 13.1 Å². The van der Waals surface area contributed by atoms with Crippen LogP contribution >= 0.6 is 0 Å². The third-order valence-corrected chi connectivity index (χ3v) is 4.64. The molecule has 4 rings (SSSR count). The van der Waals surface area contributed by atoms with Crippen molar-refractivity contribution in [2.75, 3.05) is 23.0 Å². The third-order valence-electron chi connectivity index (χ3n) is 4.64. The Bertz CT molecular complexity index is 889. The lowest BCUT2D eigenvalue weighted by Crippen LogP contribution is -2.35. The number of rotatable bonds is 3. The molecule has 2 fully saturated rings. The van der Waals surface area contributed by atoms with Crippen LogP contribution in [0.25, 0.3) is 6.08 Å². The molecule has 132 valence electrons. The molecule has 2 heterocycles. The quantitative estimate of drug-likeness (QED) is 0.683. The zero-order valence-electron chi connectivity index (χ0n) is 14.1. The molecule has 0 unspecified atom stereocenters. The molecule has 2 aromatic rings. The highest BCUT2D eigenvalue weighted by molar-refractivity contribution is 6.31. The summed E-state index contributed by atoms with van der Waals surface area (Å²) in [6.07, 6.45) is 3.56. The van der Waals surface area contributed by atoms with E-state index in [9.17, 15) is 14.0 Å². The van der Waals surface area contributed by atoms with Crippen LogP contribution in [0.3, 0.4) is 0 Å². The van der Waals surface area contributed by atoms with Crippen LogP contribution < -0.4 is 15.3 Å². The number of benzene rings is 2. The van der Waals surface area contributed by atoms with Gasteiger partial charge >= 0.3 is 0 Å². The molecular weight excluding hydrogens is 333 g/mol. The van der Waals surface area contributed by atoms with E-state index in [-0.39, 0.29) is 11.4 Å². The van der Waals surface area contributed by atoms with Crippen LogP contribution in [0, 0.1) is 5.82 Å². The number of nitrogens with zero attached hydrogens (tertiary/aromatic N) is 2. The van der Waals surface area contributed by atoms with Crippen LogP contribution in [-0.4, -0.2) is 24.9 Å². The number of hydrogen-bond acceptors (Lipinski definition) is 3. The molecule has 0 atom stereocenters. The Morgan fingerprint density at radius 2 is 1.73 bits per heavy atom. The van der Waals surface area contributed by atoms with Crippen molar-refractivity contribution >= 4 is 29.3 Å². The predicted octanol–water partition coefficient (Wildman–Crippen LogP) is 2.89. The molecular formula is C20H18FN3O2. The number of carbonyl (C=O) groups excluding carboxylic acids is 2. The molecule has 2 aliphatic rings. The molecule has 0 spiro atoms. The second-order valence-corrected chi connectivity index (χ2v) is 6.38. The lowest BCUT2D eigenvalue weighted by atomic mass is 10.1. The number of carbonyl (C=O) groups is 2. The maximum absolute atomic E-state index is 14.4. The fraction of sp³-hybridized carbons (Fsp3) is 0.200. The van der Waals surface area contributed by atoms with Gasteiger partial charge in [0.2, 0.25) is 0 Å². The number of nitrogens with one attached hydrogen (secondary N) is 1. The number of para-hydroxylation sites is 1. The smallest absolute Gasteiger partial charge is 0.282 e. The first kappa shape index (κ1) is 16.3. The van der Waals surface area contributed by atoms with Crippen molar-refractivity contribution in [2.24, 2.45) is 0 Å². The Hall–Kier alpha value is -3.15. The maximum Gasteiger partial charge on any atom is 0.282 e. The fourth-order valence-corrected chi connectivity index (χ4v) is 3.31. The normalized spacial score (nSPS) is 18.7. The van der Waals surface area contributed by atoms with E-state index in [2.05, 4.69) is 5.43 Å². The van der Waals surface area contributed by atoms with E-state index in [4.69, 9.17) is 0 Å². The number of anilines is 2. The lowest BCUT2D eigenvalue weighted by molar-refractivity contribution is -0.117. The van der Waals surface area contributed by atoms with Crippen LogP contribution in [0.4, 0.5) is 15.8 Å². The topological polar surface area (TPSA) is 52.7 Å². The first-order valence-corrected chi connectivity index (χ1v) is 8.60. The summed E-state index contributed by atoms with van der Waals surface area (Å²) in [7, 11) is 0. The predicted molar refractivity (Wildman–Crippen MR) is 97.9 cm³/mol. The average molecular weight is 351 g/mol. The largest absolute Gasteiger partial charge is 0.369 e. The van der Waals surface area contributed by atoms with Crippen molar-refractivity contribution < 1.29 is 14.0 Å². The zero-order valence-corrected chi connectivity index (χ0v) is 14.1. The van der Waals surface area contributed by atoms with E-state index < -0.39 is 11.8 Å². The van der Waals surface area contributed by atoms with Crippen molar-refractivity contribution in [1.29, 1.82) is 0 Å². The van der Waals surface area contributed by atoms with Gasteiger partial charge in [-0.2, -0.15) is 0 Å². The van der Waals surface area contributed by atoms with E-state index in [1.54, 1.807) is 36.4 Å². The average Bonchev–Trinajstić information content (AvgIpc) is 3.27. The molecule has 5 nitrogen and oxygen atoms in total. The maximum atomic E-state index is 14.4. The number of halogens is 1. The molecule has 0 aromatic heterocycles. The van der Waals surface area contributed by atoms with Gasteiger partial charge in [-0.15, -0.1) is 0 Å². The minimum absolute atomic E-state index is 0.0119. The van der Waals surface area contributed by atoms with E-state index in [1.165, 1.54) is 17.2 Å². The molecule has 0 saturated carbocycles. The molecule has 2 aliphatic heterocycles. The van der Waals surface area contributed by atoms with Crippen molar-refractivity contribution in [3.63, 3.8) is 0 Å². The molecule has 2 aromatic carbocycles. The highest BCUT2D eigenvalue weighted by atomic mass is 19.1. The van der Waals surface area contributed by atoms with Crippen LogP contribution in [0.15, 0.2) is 54.1 Å². The van der Waals surface area contributed by atoms with E-state index in [1.807, 2.05) is 11.0 Å². The summed E-state index contributed by atoms with van der Waals surface area (Å²) in [4.78, 5) is 26.8. The summed E-state index contributed by atoms with van der Waals surface area (Å²) in [5.41, 5.74) is 4.15. The number of hydrogen-bond donors (Lipinski definition) is 1. The molecule has 26 heavy (non-hydrogen) atoms. The number of amides is 2. The van der Waals surface area contributed by atoms with Gasteiger partial charge in [0.25, 0.3) is 11.8 Å². The van der Waals surface area contributed by atoms with E-state index >= 15 is 0 Å². The summed E-state index contributed by atoms with van der Waals surface area (Å²) in [5, 5.41) is 1.20. The Morgan fingerprint density at radius 3 is 2.42 bits per heavy atom. The van der Waals surface area contributed by atoms with Gasteiger partial charge in [-0.05, 0) is 48.7 Å². The van der Waals surface area contributed by atoms with Crippen LogP contribution in [-0.2, 0) is 9.59 Å². The molecule has 0 aliphatic carbocycles. The van der Waals surface area contributed by atoms with E-state index in [0.29, 0.717) is 16.9 Å². The van der Waals surface area contributed by atoms with Gasteiger partial charge in [-0.1, -0.05) is 24.3 Å². The summed E-state index contributed by atoms with van der Waals surface area (Å²) >= 11 is 0. The summed E-state index contributed by atoms with van der Waals surface area (Å²) in [6, 6.07) is 13.7. The Labute approximate surface area is 150 Å². The van der Waals surface area contributed by atoms with Crippen molar-refractivity contribution in [2.45, 2.75) is 12.8 Å². The highest BCUT2D eigenvalue weighted by Crippen LogP contribution is 2.26. The molecule has 0 radical (unpaired) electrons. The minimum Gasteiger partial charge on any atom is -0.369 e. The molecule has 2 amide bonds. The van der Waals surface area contributed by atoms with Crippen molar-refractivity contribution in [1.82, 2.24) is 5.43 Å². The minimum atomic E-state index is -0.497. The van der Waals surface area contributed by atoms with Crippen LogP contribution in [0.2, 0.25) is 0 Å². The molecule has 1 N–H and O–H groups in total. The first-order chi connectivity index (χ1) is 12.6. The first-order valence-electron chi connectivity index (χ1n) is 8.60. The molecule has 0 bridgehead atoms. The highest BCUT2D eigenvalue weighted by Gasteiger charge is 2.34. The Kier molecular flexibility index (Phi) is 4.16. The standard InChI is InChI=1S/C20H18FN3O2/c21-17-13-14(8-9-18(17)23-10-4-5-11-23)12-16-19(25)22-24(20(16)26)15-6-2-1-3-7-15/h1-3,6-9,12-13H,4-5,10-11H2,(H,22,25)/b16-12-. The van der Waals surface area contributed by atoms with Gasteiger partial charge < -0.3 is 4.90 Å². The van der Waals surface area contributed by atoms with Crippen LogP contribution in [0.5, 0.6) is 0 Å². The molecule has 2 saturated heterocycles. The fourth-order valence-electron chi connectivity index (χ4n) is 3.31. The van der Waals surface area contributed by atoms with E-state index in [0.717, 1.165) is 25.9 Å². The second kappa shape index (κ2) is 6.63. The molecule has 6 heteroatoms. The monoisotopic (exact) mass is 351 g/mol. The Morgan fingerprint density at radius 1 is 1.00 bits per heavy atom. The summed E-state index contributed by atoms with van der Waals surface area (Å²) in [6.45, 7) is 1.70. The number of hydrazine groups is 1.